The zero-order valence-electron chi connectivity index (χ0n) is 20.8. The maximum atomic E-state index is 15.6. The highest BCUT2D eigenvalue weighted by Gasteiger charge is 2.21. The van der Waals surface area contributed by atoms with E-state index >= 15 is 4.39 Å². The quantitative estimate of drug-likeness (QED) is 0.331. The van der Waals surface area contributed by atoms with Crippen molar-refractivity contribution in [1.82, 2.24) is 30.1 Å². The van der Waals surface area contributed by atoms with E-state index in [-0.39, 0.29) is 11.5 Å². The van der Waals surface area contributed by atoms with Crippen LogP contribution in [-0.4, -0.2) is 69.5 Å². The minimum absolute atomic E-state index is 0.203. The number of aromatic nitrogens is 5. The van der Waals surface area contributed by atoms with Crippen LogP contribution in [0.4, 0.5) is 10.2 Å². The molecule has 5 aromatic rings. The Labute approximate surface area is 222 Å². The lowest BCUT2D eigenvalue weighted by molar-refractivity contribution is 0.0322. The fourth-order valence-corrected chi connectivity index (χ4v) is 5.56. The van der Waals surface area contributed by atoms with Crippen molar-refractivity contribution in [2.45, 2.75) is 6.92 Å². The van der Waals surface area contributed by atoms with Crippen molar-refractivity contribution >= 4 is 27.2 Å². The molecule has 2 N–H and O–H groups in total. The summed E-state index contributed by atoms with van der Waals surface area (Å²) in [7, 11) is 0. The highest BCUT2D eigenvalue weighted by molar-refractivity contribution is 7.22. The molecule has 1 aliphatic rings. The Morgan fingerprint density at radius 1 is 1.13 bits per heavy atom. The summed E-state index contributed by atoms with van der Waals surface area (Å²) in [5.41, 5.74) is 8.24. The summed E-state index contributed by atoms with van der Waals surface area (Å²) < 4.78 is 29.4. The summed E-state index contributed by atoms with van der Waals surface area (Å²) in [6.45, 7) is 6.10. The lowest BCUT2D eigenvalue weighted by atomic mass is 10.1. The van der Waals surface area contributed by atoms with E-state index in [0.717, 1.165) is 48.7 Å². The molecular formula is C27H26FN7O2S. The number of anilines is 1. The number of hydrogen-bond acceptors (Lipinski definition) is 9. The lowest BCUT2D eigenvalue weighted by Crippen LogP contribution is -2.38. The molecule has 0 unspecified atom stereocenters. The van der Waals surface area contributed by atoms with Gasteiger partial charge in [-0.15, -0.1) is 16.4 Å². The summed E-state index contributed by atoms with van der Waals surface area (Å²) in [5, 5.41) is 13.2. The zero-order valence-corrected chi connectivity index (χ0v) is 21.6. The Bertz CT molecular complexity index is 1560. The molecule has 0 saturated carbocycles. The van der Waals surface area contributed by atoms with Gasteiger partial charge >= 0.3 is 0 Å². The first-order valence-electron chi connectivity index (χ1n) is 12.3. The van der Waals surface area contributed by atoms with E-state index in [1.807, 2.05) is 18.2 Å². The molecule has 1 fully saturated rings. The molecule has 0 amide bonds. The number of fused-ring (bicyclic) bond motifs is 1. The minimum atomic E-state index is -0.463. The molecule has 1 aliphatic heterocycles. The van der Waals surface area contributed by atoms with Crippen LogP contribution in [0, 0.1) is 12.7 Å². The summed E-state index contributed by atoms with van der Waals surface area (Å²) in [6, 6.07) is 15.5. The fraction of sp³-hybridized carbons (Fsp3) is 0.259. The smallest absolute Gasteiger partial charge is 0.190 e. The maximum absolute atomic E-state index is 15.6. The molecular weight excluding hydrogens is 505 g/mol. The zero-order chi connectivity index (χ0) is 26.1. The molecule has 194 valence electrons. The first-order chi connectivity index (χ1) is 18.6. The van der Waals surface area contributed by atoms with Gasteiger partial charge in [0.1, 0.15) is 23.9 Å². The van der Waals surface area contributed by atoms with Crippen molar-refractivity contribution in [3.8, 4) is 33.3 Å². The number of thiophene rings is 1. The molecule has 38 heavy (non-hydrogen) atoms. The summed E-state index contributed by atoms with van der Waals surface area (Å²) >= 11 is 1.66. The van der Waals surface area contributed by atoms with Crippen molar-refractivity contribution in [2.75, 3.05) is 45.2 Å². The lowest BCUT2D eigenvalue weighted by Gasteiger charge is -2.26. The molecule has 0 spiro atoms. The summed E-state index contributed by atoms with van der Waals surface area (Å²) in [6.07, 6.45) is 1.73. The molecule has 4 heterocycles. The third-order valence-corrected chi connectivity index (χ3v) is 7.82. The summed E-state index contributed by atoms with van der Waals surface area (Å²) in [5.74, 6) is 0.583. The Morgan fingerprint density at radius 3 is 2.82 bits per heavy atom. The Hall–Kier alpha value is -3.93. The van der Waals surface area contributed by atoms with Crippen LogP contribution >= 0.6 is 11.3 Å². The second-order valence-corrected chi connectivity index (χ2v) is 10.1. The average molecular weight is 532 g/mol. The number of tetrazole rings is 1. The number of benzene rings is 2. The van der Waals surface area contributed by atoms with E-state index in [9.17, 15) is 0 Å². The second kappa shape index (κ2) is 10.4. The van der Waals surface area contributed by atoms with Crippen LogP contribution in [0.15, 0.2) is 54.7 Å². The molecule has 6 rings (SSSR count). The number of hydrogen-bond donors (Lipinski definition) is 1. The van der Waals surface area contributed by atoms with Gasteiger partial charge in [-0.25, -0.2) is 9.37 Å². The molecule has 11 heteroatoms. The molecule has 1 saturated heterocycles. The number of halogens is 1. The number of pyridine rings is 1. The number of nitrogens with zero attached hydrogens (tertiary/aromatic N) is 6. The Kier molecular flexibility index (Phi) is 6.71. The second-order valence-electron chi connectivity index (χ2n) is 9.04. The van der Waals surface area contributed by atoms with E-state index in [4.69, 9.17) is 15.2 Å². The number of rotatable bonds is 7. The van der Waals surface area contributed by atoms with Crippen LogP contribution in [-0.2, 0) is 4.74 Å². The van der Waals surface area contributed by atoms with Crippen molar-refractivity contribution in [3.63, 3.8) is 0 Å². The normalized spacial score (nSPS) is 14.3. The summed E-state index contributed by atoms with van der Waals surface area (Å²) in [4.78, 5) is 7.70. The Morgan fingerprint density at radius 2 is 1.97 bits per heavy atom. The van der Waals surface area contributed by atoms with Crippen molar-refractivity contribution < 1.29 is 13.9 Å². The van der Waals surface area contributed by atoms with E-state index in [1.165, 1.54) is 9.38 Å². The molecule has 0 bridgehead atoms. The first kappa shape index (κ1) is 24.4. The molecule has 0 radical (unpaired) electrons. The molecule has 9 nitrogen and oxygen atoms in total. The Balaban J connectivity index is 1.28. The first-order valence-corrected chi connectivity index (χ1v) is 13.2. The standard InChI is InChI=1S/C27H26FN7O2S/c1-17-22(37-13-10-34-8-11-36-12-9-34)7-6-21(25(17)28)35-27(31-32-33-35)20-14-19(16-30-26(20)29)24-15-18-4-2-3-5-23(18)38-24/h2-7,14-16H,8-13H2,1H3,(H2,29,30). The topological polar surface area (TPSA) is 104 Å². The van der Waals surface area contributed by atoms with Gasteiger partial charge in [-0.05, 0) is 53.1 Å². The minimum Gasteiger partial charge on any atom is -0.492 e. The van der Waals surface area contributed by atoms with E-state index < -0.39 is 5.82 Å². The van der Waals surface area contributed by atoms with E-state index in [1.54, 1.807) is 36.6 Å². The predicted octanol–water partition coefficient (Wildman–Crippen LogP) is 4.35. The number of nitrogen functional groups attached to an aromatic ring is 1. The molecule has 0 atom stereocenters. The van der Waals surface area contributed by atoms with Gasteiger partial charge in [-0.2, -0.15) is 4.68 Å². The largest absolute Gasteiger partial charge is 0.492 e. The predicted molar refractivity (Wildman–Crippen MR) is 145 cm³/mol. The third-order valence-electron chi connectivity index (χ3n) is 6.65. The van der Waals surface area contributed by atoms with Crippen molar-refractivity contribution in [1.29, 1.82) is 0 Å². The van der Waals surface area contributed by atoms with Gasteiger partial charge in [0.2, 0.25) is 0 Å². The molecule has 0 aliphatic carbocycles. The van der Waals surface area contributed by atoms with Gasteiger partial charge in [-0.1, -0.05) is 18.2 Å². The molecule has 3 aromatic heterocycles. The highest BCUT2D eigenvalue weighted by atomic mass is 32.1. The highest BCUT2D eigenvalue weighted by Crippen LogP contribution is 2.36. The van der Waals surface area contributed by atoms with Gasteiger partial charge < -0.3 is 15.2 Å². The van der Waals surface area contributed by atoms with Crippen molar-refractivity contribution in [3.05, 3.63) is 66.1 Å². The third kappa shape index (κ3) is 4.71. The van der Waals surface area contributed by atoms with Crippen molar-refractivity contribution in [2.24, 2.45) is 0 Å². The van der Waals surface area contributed by atoms with Crippen LogP contribution in [0.1, 0.15) is 5.56 Å². The molecule has 2 aromatic carbocycles. The van der Waals surface area contributed by atoms with Crippen LogP contribution < -0.4 is 10.5 Å². The number of nitrogens with two attached hydrogens (primary N) is 1. The van der Waals surface area contributed by atoms with Gasteiger partial charge in [0.05, 0.1) is 18.8 Å². The van der Waals surface area contributed by atoms with Gasteiger partial charge in [0.15, 0.2) is 11.6 Å². The van der Waals surface area contributed by atoms with E-state index in [2.05, 4.69) is 43.6 Å². The maximum Gasteiger partial charge on any atom is 0.190 e. The number of ether oxygens (including phenoxy) is 2. The van der Waals surface area contributed by atoms with Gasteiger partial charge in [0, 0.05) is 46.5 Å². The van der Waals surface area contributed by atoms with Crippen LogP contribution in [0.5, 0.6) is 5.75 Å². The van der Waals surface area contributed by atoms with Crippen LogP contribution in [0.3, 0.4) is 0 Å². The van der Waals surface area contributed by atoms with Crippen LogP contribution in [0.2, 0.25) is 0 Å². The van der Waals surface area contributed by atoms with Crippen LogP contribution in [0.25, 0.3) is 37.6 Å². The monoisotopic (exact) mass is 531 g/mol. The van der Waals surface area contributed by atoms with E-state index in [0.29, 0.717) is 29.3 Å². The number of morpholine rings is 1. The average Bonchev–Trinajstić information content (AvgIpc) is 3.60. The van der Waals surface area contributed by atoms with Gasteiger partial charge in [0.25, 0.3) is 0 Å². The fourth-order valence-electron chi connectivity index (χ4n) is 4.51. The van der Waals surface area contributed by atoms with Gasteiger partial charge in [-0.3, -0.25) is 4.90 Å². The SMILES string of the molecule is Cc1c(OCCN2CCOCC2)ccc(-n2nnnc2-c2cc(-c3cc4ccccc4s3)cnc2N)c1F.